The summed E-state index contributed by atoms with van der Waals surface area (Å²) in [4.78, 5) is 3.68. The van der Waals surface area contributed by atoms with Crippen LogP contribution in [0.5, 0.6) is 0 Å². The lowest BCUT2D eigenvalue weighted by atomic mass is 10.1. The smallest absolute Gasteiger partial charge is 0.261 e. The van der Waals surface area contributed by atoms with E-state index in [1.165, 1.54) is 37.5 Å². The molecule has 0 aliphatic heterocycles. The summed E-state index contributed by atoms with van der Waals surface area (Å²) in [6.07, 6.45) is 2.90. The van der Waals surface area contributed by atoms with Crippen LogP contribution in [0, 0.1) is 12.7 Å². The van der Waals surface area contributed by atoms with Gasteiger partial charge in [0.2, 0.25) is 0 Å². The number of hydrogen-bond acceptors (Lipinski definition) is 4. The van der Waals surface area contributed by atoms with E-state index >= 15 is 0 Å². The van der Waals surface area contributed by atoms with Gasteiger partial charge in [-0.3, -0.25) is 9.71 Å². The predicted molar refractivity (Wildman–Crippen MR) is 72.1 cm³/mol. The molecule has 1 aromatic heterocycles. The van der Waals surface area contributed by atoms with E-state index in [2.05, 4.69) is 9.71 Å². The molecule has 0 saturated carbocycles. The molecule has 0 fully saturated rings. The van der Waals surface area contributed by atoms with Gasteiger partial charge >= 0.3 is 0 Å². The van der Waals surface area contributed by atoms with Crippen molar-refractivity contribution in [2.45, 2.75) is 18.4 Å². The number of aryl methyl sites for hydroxylation is 1. The van der Waals surface area contributed by atoms with Crippen LogP contribution < -0.4 is 4.72 Å². The van der Waals surface area contributed by atoms with Gasteiger partial charge in [0, 0.05) is 18.0 Å². The maximum Gasteiger partial charge on any atom is 0.261 e. The average molecular weight is 296 g/mol. The Morgan fingerprint density at radius 3 is 2.55 bits per heavy atom. The summed E-state index contributed by atoms with van der Waals surface area (Å²) < 4.78 is 40.4. The zero-order valence-electron chi connectivity index (χ0n) is 10.7. The minimum Gasteiger partial charge on any atom is -0.392 e. The summed E-state index contributed by atoms with van der Waals surface area (Å²) in [5.74, 6) is -0.602. The lowest BCUT2D eigenvalue weighted by Crippen LogP contribution is -2.14. The number of sulfonamides is 1. The first kappa shape index (κ1) is 14.4. The van der Waals surface area contributed by atoms with Crippen LogP contribution in [0.15, 0.2) is 41.6 Å². The molecule has 2 aromatic rings. The second kappa shape index (κ2) is 5.56. The molecular formula is C13H13FN2O3S. The molecule has 2 rings (SSSR count). The molecule has 0 saturated heterocycles. The van der Waals surface area contributed by atoms with Crippen molar-refractivity contribution in [2.24, 2.45) is 0 Å². The van der Waals surface area contributed by atoms with Gasteiger partial charge in [-0.2, -0.15) is 0 Å². The number of aliphatic hydroxyl groups excluding tert-OH is 1. The number of aromatic nitrogens is 1. The third-order valence-electron chi connectivity index (χ3n) is 2.72. The van der Waals surface area contributed by atoms with Crippen LogP contribution in [0.1, 0.15) is 11.1 Å². The van der Waals surface area contributed by atoms with Crippen LogP contribution >= 0.6 is 0 Å². The Balaban J connectivity index is 2.42. The highest BCUT2D eigenvalue weighted by molar-refractivity contribution is 7.92. The zero-order valence-corrected chi connectivity index (χ0v) is 11.5. The molecule has 20 heavy (non-hydrogen) atoms. The van der Waals surface area contributed by atoms with Crippen LogP contribution in [0.25, 0.3) is 0 Å². The number of nitrogens with one attached hydrogen (secondary N) is 1. The Kier molecular flexibility index (Phi) is 4.01. The molecule has 2 N–H and O–H groups in total. The highest BCUT2D eigenvalue weighted by atomic mass is 32.2. The molecular weight excluding hydrogens is 283 g/mol. The molecule has 0 radical (unpaired) electrons. The summed E-state index contributed by atoms with van der Waals surface area (Å²) >= 11 is 0. The number of hydrogen-bond donors (Lipinski definition) is 2. The van der Waals surface area contributed by atoms with Gasteiger partial charge in [0.05, 0.1) is 17.2 Å². The number of benzene rings is 1. The molecule has 1 aromatic carbocycles. The molecule has 7 heteroatoms. The van der Waals surface area contributed by atoms with Crippen molar-refractivity contribution in [3.8, 4) is 0 Å². The topological polar surface area (TPSA) is 79.3 Å². The monoisotopic (exact) mass is 296 g/mol. The molecule has 0 unspecified atom stereocenters. The van der Waals surface area contributed by atoms with Gasteiger partial charge in [-0.1, -0.05) is 0 Å². The van der Waals surface area contributed by atoms with E-state index in [0.29, 0.717) is 5.69 Å². The van der Waals surface area contributed by atoms with Gasteiger partial charge in [-0.05, 0) is 36.8 Å². The average Bonchev–Trinajstić information content (AvgIpc) is 2.42. The largest absolute Gasteiger partial charge is 0.392 e. The van der Waals surface area contributed by atoms with E-state index in [9.17, 15) is 12.8 Å². The third kappa shape index (κ3) is 2.94. The Hall–Kier alpha value is -1.99. The first-order chi connectivity index (χ1) is 9.44. The van der Waals surface area contributed by atoms with Gasteiger partial charge in [0.1, 0.15) is 5.82 Å². The van der Waals surface area contributed by atoms with Gasteiger partial charge in [0.15, 0.2) is 0 Å². The molecule has 1 heterocycles. The number of anilines is 1. The molecule has 0 atom stereocenters. The number of aliphatic hydroxyl groups is 1. The second-order valence-corrected chi connectivity index (χ2v) is 5.90. The van der Waals surface area contributed by atoms with Crippen molar-refractivity contribution in [2.75, 3.05) is 4.72 Å². The molecule has 106 valence electrons. The van der Waals surface area contributed by atoms with Crippen LogP contribution in [0.4, 0.5) is 10.1 Å². The van der Waals surface area contributed by atoms with Crippen LogP contribution in [0.3, 0.4) is 0 Å². The fourth-order valence-electron chi connectivity index (χ4n) is 1.71. The lowest BCUT2D eigenvalue weighted by molar-refractivity contribution is 0.275. The Morgan fingerprint density at radius 2 is 1.95 bits per heavy atom. The quantitative estimate of drug-likeness (QED) is 0.902. The second-order valence-electron chi connectivity index (χ2n) is 4.21. The highest BCUT2D eigenvalue weighted by Crippen LogP contribution is 2.21. The molecule has 0 spiro atoms. The van der Waals surface area contributed by atoms with E-state index in [1.54, 1.807) is 0 Å². The van der Waals surface area contributed by atoms with Gasteiger partial charge in [-0.25, -0.2) is 12.8 Å². The van der Waals surface area contributed by atoms with Crippen LogP contribution in [0.2, 0.25) is 0 Å². The van der Waals surface area contributed by atoms with Crippen molar-refractivity contribution in [1.29, 1.82) is 0 Å². The SMILES string of the molecule is Cc1cc(S(=O)(=O)Nc2ccncc2)cc(CO)c1F. The van der Waals surface area contributed by atoms with E-state index in [1.807, 2.05) is 0 Å². The van der Waals surface area contributed by atoms with Crippen molar-refractivity contribution in [3.63, 3.8) is 0 Å². The maximum absolute atomic E-state index is 13.6. The minimum atomic E-state index is -3.84. The molecule has 0 aliphatic carbocycles. The fraction of sp³-hybridized carbons (Fsp3) is 0.154. The third-order valence-corrected chi connectivity index (χ3v) is 4.08. The zero-order chi connectivity index (χ0) is 14.8. The van der Waals surface area contributed by atoms with Crippen molar-refractivity contribution >= 4 is 15.7 Å². The lowest BCUT2D eigenvalue weighted by Gasteiger charge is -2.11. The summed E-state index contributed by atoms with van der Waals surface area (Å²) in [5.41, 5.74) is 0.458. The first-order valence-electron chi connectivity index (χ1n) is 5.77. The highest BCUT2D eigenvalue weighted by Gasteiger charge is 2.18. The van der Waals surface area contributed by atoms with E-state index in [0.717, 1.165) is 6.07 Å². The number of nitrogens with zero attached hydrogens (tertiary/aromatic N) is 1. The molecule has 0 amide bonds. The van der Waals surface area contributed by atoms with Crippen molar-refractivity contribution < 1.29 is 17.9 Å². The first-order valence-corrected chi connectivity index (χ1v) is 7.25. The summed E-state index contributed by atoms with van der Waals surface area (Å²) in [6.45, 7) is 0.880. The standard InChI is InChI=1S/C13H13FN2O3S/c1-9-6-12(7-10(8-17)13(9)14)20(18,19)16-11-2-4-15-5-3-11/h2-7,17H,8H2,1H3,(H,15,16). The molecule has 0 aliphatic rings. The summed E-state index contributed by atoms with van der Waals surface area (Å²) in [5, 5.41) is 9.06. The van der Waals surface area contributed by atoms with Crippen molar-refractivity contribution in [3.05, 3.63) is 53.6 Å². The number of rotatable bonds is 4. The Labute approximate surface area is 116 Å². The number of pyridine rings is 1. The van der Waals surface area contributed by atoms with Gasteiger partial charge in [0.25, 0.3) is 10.0 Å². The van der Waals surface area contributed by atoms with Crippen LogP contribution in [-0.4, -0.2) is 18.5 Å². The summed E-state index contributed by atoms with van der Waals surface area (Å²) in [6, 6.07) is 5.34. The Morgan fingerprint density at radius 1 is 1.30 bits per heavy atom. The van der Waals surface area contributed by atoms with E-state index < -0.39 is 22.4 Å². The van der Waals surface area contributed by atoms with Crippen molar-refractivity contribution in [1.82, 2.24) is 4.98 Å². The summed E-state index contributed by atoms with van der Waals surface area (Å²) in [7, 11) is -3.84. The molecule has 0 bridgehead atoms. The fourth-order valence-corrected chi connectivity index (χ4v) is 2.90. The predicted octanol–water partition coefficient (Wildman–Crippen LogP) is 1.82. The van der Waals surface area contributed by atoms with E-state index in [4.69, 9.17) is 5.11 Å². The molecule has 5 nitrogen and oxygen atoms in total. The normalized spacial score (nSPS) is 11.3. The van der Waals surface area contributed by atoms with E-state index in [-0.39, 0.29) is 16.0 Å². The minimum absolute atomic E-state index is 0.0555. The number of halogens is 1. The maximum atomic E-state index is 13.6. The van der Waals surface area contributed by atoms with Gasteiger partial charge < -0.3 is 5.11 Å². The van der Waals surface area contributed by atoms with Gasteiger partial charge in [-0.15, -0.1) is 0 Å². The Bertz CT molecular complexity index is 718. The van der Waals surface area contributed by atoms with Crippen LogP contribution in [-0.2, 0) is 16.6 Å².